The van der Waals surface area contributed by atoms with Gasteiger partial charge in [0.05, 0.1) is 12.6 Å². The van der Waals surface area contributed by atoms with Crippen molar-refractivity contribution in [3.05, 3.63) is 41.0 Å². The van der Waals surface area contributed by atoms with Gasteiger partial charge in [0.15, 0.2) is 11.3 Å². The van der Waals surface area contributed by atoms with Crippen molar-refractivity contribution in [3.63, 3.8) is 0 Å². The van der Waals surface area contributed by atoms with E-state index in [2.05, 4.69) is 30.6 Å². The number of hydrogen-bond donors (Lipinski definition) is 2. The minimum Gasteiger partial charge on any atom is -0.438 e. The van der Waals surface area contributed by atoms with Crippen molar-refractivity contribution in [1.29, 1.82) is 0 Å². The van der Waals surface area contributed by atoms with E-state index < -0.39 is 17.9 Å². The summed E-state index contributed by atoms with van der Waals surface area (Å²) in [6.07, 6.45) is -0.180. The molecule has 3 heterocycles. The van der Waals surface area contributed by atoms with Crippen LogP contribution in [0.1, 0.15) is 65.4 Å². The standard InChI is InChI=1S/C24H28F2N6O5/c1-13-19(31-37-30-13)21(33)29-20(14-5-7-24(25,26)8-6-14)22-28-16-11-15(3-4-18(16)36-22)17(12-35-2)32-10-9-27-23(32)34/h3-4,11,14,17,20H,5-10,12H2,1-2H3,(H,27,34)(H,29,33)/t17-,20+/m1/s1. The molecule has 1 aromatic carbocycles. The fourth-order valence-corrected chi connectivity index (χ4v) is 5.03. The van der Waals surface area contributed by atoms with Crippen LogP contribution in [0.2, 0.25) is 0 Å². The number of carbonyl (C=O) groups excluding carboxylic acids is 2. The number of halogens is 2. The van der Waals surface area contributed by atoms with Crippen molar-refractivity contribution >= 4 is 23.0 Å². The van der Waals surface area contributed by atoms with Crippen molar-refractivity contribution in [2.45, 2.75) is 50.6 Å². The first-order valence-electron chi connectivity index (χ1n) is 12.2. The highest BCUT2D eigenvalue weighted by Gasteiger charge is 2.40. The lowest BCUT2D eigenvalue weighted by molar-refractivity contribution is -0.0503. The largest absolute Gasteiger partial charge is 0.438 e. The minimum atomic E-state index is -2.73. The lowest BCUT2D eigenvalue weighted by Crippen LogP contribution is -2.37. The van der Waals surface area contributed by atoms with E-state index in [0.717, 1.165) is 5.56 Å². The lowest BCUT2D eigenvalue weighted by atomic mass is 9.82. The van der Waals surface area contributed by atoms with E-state index in [9.17, 15) is 18.4 Å². The predicted octanol–water partition coefficient (Wildman–Crippen LogP) is 3.53. The number of aryl methyl sites for hydroxylation is 1. The Morgan fingerprint density at radius 2 is 2.11 bits per heavy atom. The number of methoxy groups -OCH3 is 1. The van der Waals surface area contributed by atoms with E-state index in [-0.39, 0.29) is 55.3 Å². The van der Waals surface area contributed by atoms with Crippen molar-refractivity contribution in [1.82, 2.24) is 30.8 Å². The quantitative estimate of drug-likeness (QED) is 0.462. The normalized spacial score (nSPS) is 19.7. The second-order valence-electron chi connectivity index (χ2n) is 9.52. The van der Waals surface area contributed by atoms with Crippen LogP contribution >= 0.6 is 0 Å². The number of nitrogens with zero attached hydrogens (tertiary/aromatic N) is 4. The van der Waals surface area contributed by atoms with Crippen LogP contribution in [-0.2, 0) is 4.74 Å². The van der Waals surface area contributed by atoms with Crippen LogP contribution < -0.4 is 10.6 Å². The summed E-state index contributed by atoms with van der Waals surface area (Å²) in [6, 6.07) is 4.16. The average molecular weight is 519 g/mol. The molecule has 1 aliphatic carbocycles. The number of oxazole rings is 1. The molecule has 2 fully saturated rings. The van der Waals surface area contributed by atoms with Gasteiger partial charge in [-0.25, -0.2) is 23.2 Å². The van der Waals surface area contributed by atoms with Gasteiger partial charge in [0.1, 0.15) is 17.3 Å². The summed E-state index contributed by atoms with van der Waals surface area (Å²) in [7, 11) is 1.57. The van der Waals surface area contributed by atoms with Gasteiger partial charge in [-0.2, -0.15) is 0 Å². The molecule has 2 aliphatic rings. The summed E-state index contributed by atoms with van der Waals surface area (Å²) in [5.74, 6) is -3.38. The zero-order valence-electron chi connectivity index (χ0n) is 20.5. The van der Waals surface area contributed by atoms with E-state index in [4.69, 9.17) is 9.15 Å². The Labute approximate surface area is 210 Å². The highest BCUT2D eigenvalue weighted by Crippen LogP contribution is 2.42. The number of carbonyl (C=O) groups is 2. The van der Waals surface area contributed by atoms with Crippen LogP contribution in [0.4, 0.5) is 13.6 Å². The summed E-state index contributed by atoms with van der Waals surface area (Å²) >= 11 is 0. The molecule has 0 spiro atoms. The first-order valence-corrected chi connectivity index (χ1v) is 12.2. The molecule has 13 heteroatoms. The molecule has 5 rings (SSSR count). The van der Waals surface area contributed by atoms with Crippen LogP contribution in [0.15, 0.2) is 27.2 Å². The van der Waals surface area contributed by atoms with Crippen LogP contribution in [0, 0.1) is 12.8 Å². The third kappa shape index (κ3) is 5.13. The van der Waals surface area contributed by atoms with Gasteiger partial charge in [-0.15, -0.1) is 0 Å². The molecule has 1 saturated carbocycles. The van der Waals surface area contributed by atoms with Gasteiger partial charge in [0.2, 0.25) is 11.8 Å². The Kier molecular flexibility index (Phi) is 6.80. The number of hydrogen-bond acceptors (Lipinski definition) is 8. The first-order chi connectivity index (χ1) is 17.8. The summed E-state index contributed by atoms with van der Waals surface area (Å²) in [5.41, 5.74) is 2.13. The number of rotatable bonds is 8. The molecule has 2 aromatic heterocycles. The number of fused-ring (bicyclic) bond motifs is 1. The molecule has 2 N–H and O–H groups in total. The monoisotopic (exact) mass is 518 g/mol. The van der Waals surface area contributed by atoms with Crippen LogP contribution in [0.25, 0.3) is 11.1 Å². The van der Waals surface area contributed by atoms with Gasteiger partial charge >= 0.3 is 6.03 Å². The number of urea groups is 1. The van der Waals surface area contributed by atoms with E-state index in [1.54, 1.807) is 25.0 Å². The predicted molar refractivity (Wildman–Crippen MR) is 125 cm³/mol. The maximum Gasteiger partial charge on any atom is 0.318 e. The van der Waals surface area contributed by atoms with Crippen molar-refractivity contribution in [3.8, 4) is 0 Å². The molecular formula is C24H28F2N6O5. The molecule has 11 nitrogen and oxygen atoms in total. The summed E-state index contributed by atoms with van der Waals surface area (Å²) in [4.78, 5) is 31.6. The molecule has 198 valence electrons. The molecular weight excluding hydrogens is 490 g/mol. The highest BCUT2D eigenvalue weighted by molar-refractivity contribution is 5.93. The maximum absolute atomic E-state index is 13.9. The summed E-state index contributed by atoms with van der Waals surface area (Å²) < 4.78 is 43.8. The number of benzene rings is 1. The molecule has 0 bridgehead atoms. The van der Waals surface area contributed by atoms with E-state index >= 15 is 0 Å². The number of nitrogens with one attached hydrogen (secondary N) is 2. The highest BCUT2D eigenvalue weighted by atomic mass is 19.3. The number of ether oxygens (including phenoxy) is 1. The molecule has 0 radical (unpaired) electrons. The SMILES string of the molecule is COC[C@H](c1ccc2oc([C@@H](NC(=O)c3nonc3C)C3CCC(F)(F)CC3)nc2c1)N1CCNC1=O. The van der Waals surface area contributed by atoms with Crippen LogP contribution in [0.5, 0.6) is 0 Å². The summed E-state index contributed by atoms with van der Waals surface area (Å²) in [6.45, 7) is 2.98. The van der Waals surface area contributed by atoms with Crippen molar-refractivity contribution in [2.75, 3.05) is 26.8 Å². The molecule has 1 aliphatic heterocycles. The second kappa shape index (κ2) is 10.0. The number of amides is 3. The van der Waals surface area contributed by atoms with Crippen molar-refractivity contribution in [2.24, 2.45) is 5.92 Å². The van der Waals surface area contributed by atoms with Gasteiger partial charge in [-0.05, 0) is 48.5 Å². The second-order valence-corrected chi connectivity index (χ2v) is 9.52. The van der Waals surface area contributed by atoms with Gasteiger partial charge in [0.25, 0.3) is 5.91 Å². The van der Waals surface area contributed by atoms with Gasteiger partial charge in [-0.3, -0.25) is 4.79 Å². The zero-order chi connectivity index (χ0) is 26.2. The van der Waals surface area contributed by atoms with Crippen molar-refractivity contribution < 1.29 is 32.2 Å². The third-order valence-electron chi connectivity index (χ3n) is 7.06. The fourth-order valence-electron chi connectivity index (χ4n) is 5.03. The van der Waals surface area contributed by atoms with Gasteiger partial charge in [-0.1, -0.05) is 11.2 Å². The first kappa shape index (κ1) is 25.1. The summed E-state index contributed by atoms with van der Waals surface area (Å²) in [5, 5.41) is 12.9. The Morgan fingerprint density at radius 3 is 2.76 bits per heavy atom. The molecule has 3 aromatic rings. The molecule has 1 saturated heterocycles. The van der Waals surface area contributed by atoms with Gasteiger partial charge in [0, 0.05) is 33.0 Å². The Bertz CT molecular complexity index is 1280. The Balaban J connectivity index is 1.46. The molecule has 3 amide bonds. The van der Waals surface area contributed by atoms with Crippen LogP contribution in [0.3, 0.4) is 0 Å². The minimum absolute atomic E-state index is 0.0100. The van der Waals surface area contributed by atoms with Crippen LogP contribution in [-0.4, -0.2) is 64.9 Å². The Hall–Kier alpha value is -3.61. The average Bonchev–Trinajstić information content (AvgIpc) is 3.60. The van der Waals surface area contributed by atoms with E-state index in [1.807, 2.05) is 12.1 Å². The topological polar surface area (TPSA) is 136 Å². The maximum atomic E-state index is 13.9. The van der Waals surface area contributed by atoms with E-state index in [1.165, 1.54) is 0 Å². The van der Waals surface area contributed by atoms with Gasteiger partial charge < -0.3 is 24.7 Å². The smallest absolute Gasteiger partial charge is 0.318 e. The molecule has 2 atom stereocenters. The van der Waals surface area contributed by atoms with E-state index in [0.29, 0.717) is 36.5 Å². The fraction of sp³-hybridized carbons (Fsp3) is 0.542. The number of aromatic nitrogens is 3. The Morgan fingerprint density at radius 1 is 1.32 bits per heavy atom. The lowest BCUT2D eigenvalue weighted by Gasteiger charge is -2.32. The zero-order valence-corrected chi connectivity index (χ0v) is 20.5. The molecule has 0 unspecified atom stereocenters. The molecule has 37 heavy (non-hydrogen) atoms. The number of alkyl halides is 2. The third-order valence-corrected chi connectivity index (χ3v) is 7.06.